The number of ether oxygens (including phenoxy) is 6. The molecule has 17 atom stereocenters. The van der Waals surface area contributed by atoms with Crippen molar-refractivity contribution in [2.45, 2.75) is 171 Å². The van der Waals surface area contributed by atoms with Gasteiger partial charge in [0, 0.05) is 39.0 Å². The second-order valence-electron chi connectivity index (χ2n) is 17.2. The maximum absolute atomic E-state index is 11.7. The fraction of sp³-hybridized carbons (Fsp3) is 0.878. The van der Waals surface area contributed by atoms with Crippen LogP contribution < -0.4 is 50.8 Å². The molecule has 0 bridgehead atoms. The molecule has 3 heterocycles. The Balaban J connectivity index is 0.000000655. The zero-order chi connectivity index (χ0) is 51.3. The number of nitrogens with two attached hydrogens (primary N) is 7. The molecule has 392 valence electrons. The number of hydrogen-bond acceptors (Lipinski definition) is 21. The number of amides is 1. The summed E-state index contributed by atoms with van der Waals surface area (Å²) in [5, 5.41) is 67.9. The molecule has 22 N–H and O–H groups in total. The molecule has 3 aliphatic rings. The molecule has 3 fully saturated rings. The van der Waals surface area contributed by atoms with E-state index in [0.29, 0.717) is 25.9 Å². The molecule has 0 saturated carbocycles. The van der Waals surface area contributed by atoms with Crippen LogP contribution in [0.15, 0.2) is 9.98 Å². The Morgan fingerprint density at radius 1 is 0.672 bits per heavy atom. The minimum absolute atomic E-state index is 0.00641. The molecule has 0 aliphatic carbocycles. The maximum atomic E-state index is 11.7. The predicted molar refractivity (Wildman–Crippen MR) is 245 cm³/mol. The first-order valence-corrected chi connectivity index (χ1v) is 22.5. The summed E-state index contributed by atoms with van der Waals surface area (Å²) in [5.41, 5.74) is 38.0. The molecule has 1 amide bonds. The van der Waals surface area contributed by atoms with E-state index in [1.807, 2.05) is 27.7 Å². The minimum atomic E-state index is -1.40. The lowest BCUT2D eigenvalue weighted by Gasteiger charge is -2.50. The number of likely N-dealkylation sites (N-methyl/N-ethyl adjacent to an activating group) is 1. The van der Waals surface area contributed by atoms with Crippen molar-refractivity contribution < 1.29 is 73.4 Å². The maximum Gasteiger partial charge on any atom is 0.217 e. The van der Waals surface area contributed by atoms with Crippen molar-refractivity contribution >= 4 is 29.4 Å². The molecule has 67 heavy (non-hydrogen) atoms. The number of rotatable bonds is 22. The standard InChI is InChI=1S/C23H43N3O13.2C9H20N4O/c1-8-14(26-9(2)30)17(32)20(11(6-28)35-8)39-23-15(25-3)18(33)21(12(7-29)37-23)38-22-13(24)16(31)19(34-4)10(5-27)36-22;2*1-6(2)8(14)7(10)4-3-5-13-9(11)12/h8,10-23,25,27-29,31-33H,5-7,24H2,1-4H3,(H,26,30);2*6-7H,3-5,10H2,1-2H3,(H4,11,12,13)/t;2*7-/m.10/s1. The van der Waals surface area contributed by atoms with Gasteiger partial charge >= 0.3 is 0 Å². The zero-order valence-electron chi connectivity index (χ0n) is 40.1. The molecular weight excluding hydrogens is 887 g/mol. The number of nitrogens with zero attached hydrogens (tertiary/aromatic N) is 2. The third-order valence-electron chi connectivity index (χ3n) is 11.3. The van der Waals surface area contributed by atoms with Crippen LogP contribution in [0.5, 0.6) is 0 Å². The van der Waals surface area contributed by atoms with E-state index in [2.05, 4.69) is 20.6 Å². The molecule has 3 saturated heterocycles. The van der Waals surface area contributed by atoms with E-state index < -0.39 is 117 Å². The monoisotopic (exact) mass is 970 g/mol. The lowest BCUT2D eigenvalue weighted by Crippen LogP contribution is -2.70. The van der Waals surface area contributed by atoms with Crippen molar-refractivity contribution in [2.24, 2.45) is 62.0 Å². The summed E-state index contributed by atoms with van der Waals surface area (Å²) >= 11 is 0. The molecule has 0 spiro atoms. The van der Waals surface area contributed by atoms with Gasteiger partial charge in [-0.1, -0.05) is 27.7 Å². The smallest absolute Gasteiger partial charge is 0.217 e. The quantitative estimate of drug-likeness (QED) is 0.0273. The van der Waals surface area contributed by atoms with Gasteiger partial charge in [0.2, 0.25) is 5.91 Å². The number of nitrogens with one attached hydrogen (secondary N) is 2. The van der Waals surface area contributed by atoms with Crippen LogP contribution in [-0.2, 0) is 42.8 Å². The summed E-state index contributed by atoms with van der Waals surface area (Å²) < 4.78 is 34.5. The minimum Gasteiger partial charge on any atom is -0.394 e. The van der Waals surface area contributed by atoms with E-state index in [0.717, 1.165) is 12.8 Å². The van der Waals surface area contributed by atoms with Crippen molar-refractivity contribution in [3.8, 4) is 0 Å². The van der Waals surface area contributed by atoms with Crippen molar-refractivity contribution in [1.82, 2.24) is 10.6 Å². The largest absolute Gasteiger partial charge is 0.394 e. The molecule has 0 aromatic rings. The summed E-state index contributed by atoms with van der Waals surface area (Å²) in [5.74, 6) is -0.0740. The van der Waals surface area contributed by atoms with Gasteiger partial charge in [-0.25, -0.2) is 0 Å². The number of hydrogen-bond donors (Lipinski definition) is 15. The summed E-state index contributed by atoms with van der Waals surface area (Å²) in [6.07, 6.45) is -10.9. The topological polar surface area (TPSA) is 459 Å². The number of Topliss-reactive ketones (excluding diaryl/α,β-unsaturated/α-hetero) is 2. The van der Waals surface area contributed by atoms with Crippen LogP contribution in [0.4, 0.5) is 0 Å². The van der Waals surface area contributed by atoms with E-state index in [1.165, 1.54) is 21.1 Å². The van der Waals surface area contributed by atoms with Gasteiger partial charge in [-0.2, -0.15) is 0 Å². The summed E-state index contributed by atoms with van der Waals surface area (Å²) in [7, 11) is 2.85. The highest BCUT2D eigenvalue weighted by molar-refractivity contribution is 5.85. The van der Waals surface area contributed by atoms with Crippen molar-refractivity contribution in [3.05, 3.63) is 0 Å². The number of guanidine groups is 2. The average molecular weight is 970 g/mol. The SMILES string of the molecule is CC(C)C(=O)[C@@H](N)CCCN=C(N)N.CC(C)C(=O)[C@H](N)CCCN=C(N)N.CNC1C(OC2C(CO)OC(C)C(NC(C)=O)C2O)OC(CO)C(OC2OC(CO)C(OC)C(O)C2N)C1O. The lowest BCUT2D eigenvalue weighted by molar-refractivity contribution is -0.346. The normalized spacial score (nSPS) is 32.7. The van der Waals surface area contributed by atoms with Crippen LogP contribution in [0.3, 0.4) is 0 Å². The highest BCUT2D eigenvalue weighted by Crippen LogP contribution is 2.32. The van der Waals surface area contributed by atoms with Gasteiger partial charge in [0.15, 0.2) is 36.1 Å². The summed E-state index contributed by atoms with van der Waals surface area (Å²) in [6.45, 7) is 9.72. The fourth-order valence-corrected chi connectivity index (χ4v) is 7.54. The van der Waals surface area contributed by atoms with Gasteiger partial charge in [0.1, 0.15) is 54.9 Å². The average Bonchev–Trinajstić information content (AvgIpc) is 3.27. The Kier molecular flexibility index (Phi) is 28.6. The number of carbonyl (C=O) groups excluding carboxylic acids is 3. The van der Waals surface area contributed by atoms with Crippen LogP contribution in [0.1, 0.15) is 67.2 Å². The van der Waals surface area contributed by atoms with E-state index >= 15 is 0 Å². The van der Waals surface area contributed by atoms with Crippen LogP contribution in [0, 0.1) is 11.8 Å². The predicted octanol–water partition coefficient (Wildman–Crippen LogP) is -6.33. The first-order chi connectivity index (χ1) is 31.4. The number of methoxy groups -OCH3 is 1. The van der Waals surface area contributed by atoms with Gasteiger partial charge in [0.05, 0.1) is 56.1 Å². The van der Waals surface area contributed by atoms with Crippen molar-refractivity contribution in [1.29, 1.82) is 0 Å². The van der Waals surface area contributed by atoms with E-state index in [-0.39, 0.29) is 47.4 Å². The van der Waals surface area contributed by atoms with Crippen LogP contribution >= 0.6 is 0 Å². The second kappa shape index (κ2) is 31.0. The Bertz CT molecular complexity index is 1470. The molecular formula is C41H83N11O15. The molecule has 3 rings (SSSR count). The number of ketones is 2. The Hall–Kier alpha value is -3.29. The first-order valence-electron chi connectivity index (χ1n) is 22.5. The van der Waals surface area contributed by atoms with Crippen LogP contribution in [0.25, 0.3) is 0 Å². The zero-order valence-corrected chi connectivity index (χ0v) is 40.1. The van der Waals surface area contributed by atoms with Gasteiger partial charge in [-0.3, -0.25) is 24.4 Å². The number of aliphatic hydroxyl groups is 6. The molecule has 3 aliphatic heterocycles. The first kappa shape index (κ1) is 61.7. The van der Waals surface area contributed by atoms with Gasteiger partial charge in [-0.05, 0) is 39.7 Å². The highest BCUT2D eigenvalue weighted by Gasteiger charge is 2.53. The summed E-state index contributed by atoms with van der Waals surface area (Å²) in [4.78, 5) is 42.0. The van der Waals surface area contributed by atoms with Crippen molar-refractivity contribution in [3.63, 3.8) is 0 Å². The molecule has 0 aromatic heterocycles. The summed E-state index contributed by atoms with van der Waals surface area (Å²) in [6, 6.07) is -3.74. The third-order valence-corrected chi connectivity index (χ3v) is 11.3. The van der Waals surface area contributed by atoms with Gasteiger partial charge in [0.25, 0.3) is 0 Å². The molecule has 0 radical (unpaired) electrons. The molecule has 0 aromatic carbocycles. The molecule has 26 nitrogen and oxygen atoms in total. The van der Waals surface area contributed by atoms with Crippen LogP contribution in [-0.4, -0.2) is 211 Å². The number of carbonyl (C=O) groups is 3. The lowest BCUT2D eigenvalue weighted by atomic mass is 9.92. The van der Waals surface area contributed by atoms with Gasteiger partial charge < -0.3 is 110 Å². The number of aliphatic hydroxyl groups excluding tert-OH is 6. The molecule has 26 heteroatoms. The van der Waals surface area contributed by atoms with Gasteiger partial charge in [-0.15, -0.1) is 0 Å². The number of aliphatic imine (C=N–C) groups is 2. The van der Waals surface area contributed by atoms with Crippen molar-refractivity contribution in [2.75, 3.05) is 47.1 Å². The Labute approximate surface area is 393 Å². The van der Waals surface area contributed by atoms with E-state index in [4.69, 9.17) is 68.6 Å². The van der Waals surface area contributed by atoms with E-state index in [1.54, 1.807) is 6.92 Å². The molecule has 15 unspecified atom stereocenters. The van der Waals surface area contributed by atoms with E-state index in [9.17, 15) is 45.0 Å². The Morgan fingerprint density at radius 3 is 1.46 bits per heavy atom. The highest BCUT2D eigenvalue weighted by atomic mass is 16.7. The fourth-order valence-electron chi connectivity index (χ4n) is 7.54. The van der Waals surface area contributed by atoms with Crippen LogP contribution in [0.2, 0.25) is 0 Å². The third kappa shape index (κ3) is 19.6. The second-order valence-corrected chi connectivity index (χ2v) is 17.2. The Morgan fingerprint density at radius 2 is 1.07 bits per heavy atom.